The van der Waals surface area contributed by atoms with Crippen LogP contribution in [0.4, 0.5) is 5.69 Å². The van der Waals surface area contributed by atoms with Gasteiger partial charge in [-0.1, -0.05) is 23.7 Å². The molecule has 0 bridgehead atoms. The number of nitrogens with one attached hydrogen (secondary N) is 2. The maximum absolute atomic E-state index is 11.8. The van der Waals surface area contributed by atoms with Gasteiger partial charge < -0.3 is 15.7 Å². The zero-order valence-corrected chi connectivity index (χ0v) is 13.8. The van der Waals surface area contributed by atoms with Crippen molar-refractivity contribution >= 4 is 34.5 Å². The average Bonchev–Trinajstić information content (AvgIpc) is 2.99. The molecule has 0 aliphatic carbocycles. The minimum atomic E-state index is -0.715. The molecule has 1 aromatic carbocycles. The van der Waals surface area contributed by atoms with Gasteiger partial charge in [0.25, 0.3) is 5.91 Å². The van der Waals surface area contributed by atoms with Crippen LogP contribution in [0.25, 0.3) is 0 Å². The number of aliphatic hydroxyl groups is 1. The number of carbonyl (C=O) groups excluding carboxylic acids is 1. The number of benzene rings is 1. The third-order valence-electron chi connectivity index (χ3n) is 3.07. The van der Waals surface area contributed by atoms with Gasteiger partial charge >= 0.3 is 0 Å². The molecule has 0 spiro atoms. The van der Waals surface area contributed by atoms with Crippen molar-refractivity contribution in [2.24, 2.45) is 0 Å². The quantitative estimate of drug-likeness (QED) is 0.717. The third-order valence-corrected chi connectivity index (χ3v) is 4.30. The lowest BCUT2D eigenvalue weighted by Crippen LogP contribution is -2.35. The van der Waals surface area contributed by atoms with Crippen LogP contribution in [0.3, 0.4) is 0 Å². The molecule has 0 saturated heterocycles. The number of nitrogens with zero attached hydrogens (tertiary/aromatic N) is 1. The maximum Gasteiger partial charge on any atom is 0.261 e. The first-order valence-corrected chi connectivity index (χ1v) is 8.19. The first-order chi connectivity index (χ1) is 11.1. The van der Waals surface area contributed by atoms with Crippen molar-refractivity contribution < 1.29 is 9.90 Å². The van der Waals surface area contributed by atoms with Crippen molar-refractivity contribution in [3.05, 3.63) is 51.2 Å². The highest BCUT2D eigenvalue weighted by molar-refractivity contribution is 7.17. The number of hydrogen-bond acceptors (Lipinski definition) is 5. The molecule has 1 heterocycles. The lowest BCUT2D eigenvalue weighted by molar-refractivity contribution is 0.0926. The Morgan fingerprint density at radius 3 is 2.61 bits per heavy atom. The van der Waals surface area contributed by atoms with Gasteiger partial charge in [-0.2, -0.15) is 5.26 Å². The second-order valence-corrected chi connectivity index (χ2v) is 6.60. The van der Waals surface area contributed by atoms with Crippen LogP contribution in [-0.4, -0.2) is 30.2 Å². The van der Waals surface area contributed by atoms with Gasteiger partial charge in [-0.25, -0.2) is 0 Å². The lowest BCUT2D eigenvalue weighted by Gasteiger charge is -2.13. The second kappa shape index (κ2) is 8.53. The van der Waals surface area contributed by atoms with Crippen molar-refractivity contribution in [1.29, 1.82) is 5.26 Å². The summed E-state index contributed by atoms with van der Waals surface area (Å²) in [6.07, 6.45) is -0.338. The fourth-order valence-electron chi connectivity index (χ4n) is 1.87. The molecule has 2 aromatic rings. The molecule has 0 aliphatic rings. The molecule has 1 amide bonds. The van der Waals surface area contributed by atoms with Gasteiger partial charge in [-0.05, 0) is 29.8 Å². The molecule has 3 N–H and O–H groups in total. The number of carbonyl (C=O) groups is 1. The molecular weight excluding hydrogens is 334 g/mol. The van der Waals surface area contributed by atoms with Gasteiger partial charge in [-0.15, -0.1) is 11.3 Å². The van der Waals surface area contributed by atoms with E-state index in [0.29, 0.717) is 22.2 Å². The summed E-state index contributed by atoms with van der Waals surface area (Å²) >= 11 is 6.97. The Balaban J connectivity index is 1.73. The van der Waals surface area contributed by atoms with Crippen LogP contribution in [0.2, 0.25) is 4.34 Å². The summed E-state index contributed by atoms with van der Waals surface area (Å²) in [6.45, 7) is 0.455. The summed E-state index contributed by atoms with van der Waals surface area (Å²) in [5, 5.41) is 24.3. The summed E-state index contributed by atoms with van der Waals surface area (Å²) < 4.78 is 0.553. The van der Waals surface area contributed by atoms with Gasteiger partial charge in [0.2, 0.25) is 0 Å². The molecule has 7 heteroatoms. The van der Waals surface area contributed by atoms with Gasteiger partial charge in [0, 0.05) is 18.8 Å². The van der Waals surface area contributed by atoms with Crippen LogP contribution in [0, 0.1) is 11.3 Å². The summed E-state index contributed by atoms with van der Waals surface area (Å²) in [4.78, 5) is 12.3. The minimum Gasteiger partial charge on any atom is -0.389 e. The normalized spacial score (nSPS) is 11.5. The highest BCUT2D eigenvalue weighted by atomic mass is 35.5. The zero-order valence-electron chi connectivity index (χ0n) is 12.3. The van der Waals surface area contributed by atoms with E-state index in [9.17, 15) is 9.90 Å². The highest BCUT2D eigenvalue weighted by Gasteiger charge is 2.11. The predicted molar refractivity (Wildman–Crippen MR) is 91.9 cm³/mol. The molecule has 120 valence electrons. The lowest BCUT2D eigenvalue weighted by atomic mass is 10.1. The van der Waals surface area contributed by atoms with Crippen molar-refractivity contribution in [3.8, 4) is 6.07 Å². The summed E-state index contributed by atoms with van der Waals surface area (Å²) in [5.74, 6) is -0.248. The highest BCUT2D eigenvalue weighted by Crippen LogP contribution is 2.21. The van der Waals surface area contributed by atoms with Crippen molar-refractivity contribution in [3.63, 3.8) is 0 Å². The summed E-state index contributed by atoms with van der Waals surface area (Å²) in [5.41, 5.74) is 1.79. The van der Waals surface area contributed by atoms with Crippen molar-refractivity contribution in [2.45, 2.75) is 12.5 Å². The number of aliphatic hydroxyl groups excluding tert-OH is 1. The van der Waals surface area contributed by atoms with Crippen molar-refractivity contribution in [2.75, 3.05) is 18.4 Å². The Bertz CT molecular complexity index is 694. The molecule has 0 radical (unpaired) electrons. The molecule has 1 atom stereocenters. The molecule has 5 nitrogen and oxygen atoms in total. The fraction of sp³-hybridized carbons (Fsp3) is 0.250. The molecule has 0 saturated carbocycles. The maximum atomic E-state index is 11.8. The SMILES string of the molecule is N#CCc1ccc(NCC(O)CNC(=O)c2ccc(Cl)s2)cc1. The predicted octanol–water partition coefficient (Wildman–Crippen LogP) is 2.67. The molecule has 1 aromatic heterocycles. The number of anilines is 1. The van der Waals surface area contributed by atoms with Crippen LogP contribution < -0.4 is 10.6 Å². The van der Waals surface area contributed by atoms with E-state index >= 15 is 0 Å². The Kier molecular flexibility index (Phi) is 6.41. The van der Waals surface area contributed by atoms with Crippen LogP contribution in [0.1, 0.15) is 15.2 Å². The standard InChI is InChI=1S/C16H16ClN3O2S/c17-15-6-5-14(23-15)16(22)20-10-13(21)9-19-12-3-1-11(2-4-12)7-8-18/h1-6,13,19,21H,7,9-10H2,(H,20,22). The average molecular weight is 350 g/mol. The van der Waals surface area contributed by atoms with E-state index in [0.717, 1.165) is 11.3 Å². The van der Waals surface area contributed by atoms with Gasteiger partial charge in [-0.3, -0.25) is 4.79 Å². The monoisotopic (exact) mass is 349 g/mol. The topological polar surface area (TPSA) is 85.2 Å². The van der Waals surface area contributed by atoms with E-state index in [1.165, 1.54) is 11.3 Å². The first kappa shape index (κ1) is 17.3. The fourth-order valence-corrected chi connectivity index (χ4v) is 2.83. The number of nitriles is 1. The first-order valence-electron chi connectivity index (χ1n) is 7.00. The largest absolute Gasteiger partial charge is 0.389 e. The number of rotatable bonds is 7. The summed E-state index contributed by atoms with van der Waals surface area (Å²) in [7, 11) is 0. The molecule has 0 fully saturated rings. The third kappa shape index (κ3) is 5.57. The Labute approximate surface area is 143 Å². The van der Waals surface area contributed by atoms with Crippen molar-refractivity contribution in [1.82, 2.24) is 5.32 Å². The second-order valence-electron chi connectivity index (χ2n) is 4.88. The van der Waals surface area contributed by atoms with Crippen LogP contribution >= 0.6 is 22.9 Å². The van der Waals surface area contributed by atoms with E-state index in [1.807, 2.05) is 24.3 Å². The number of hydrogen-bond donors (Lipinski definition) is 3. The van der Waals surface area contributed by atoms with Gasteiger partial charge in [0.15, 0.2) is 0 Å². The zero-order chi connectivity index (χ0) is 16.7. The number of thiophene rings is 1. The van der Waals surface area contributed by atoms with E-state index in [1.54, 1.807) is 12.1 Å². The number of amides is 1. The van der Waals surface area contributed by atoms with Gasteiger partial charge in [0.05, 0.1) is 27.8 Å². The van der Waals surface area contributed by atoms with Crippen LogP contribution in [0.15, 0.2) is 36.4 Å². The van der Waals surface area contributed by atoms with E-state index in [-0.39, 0.29) is 12.5 Å². The molecule has 0 aliphatic heterocycles. The van der Waals surface area contributed by atoms with Crippen LogP contribution in [0.5, 0.6) is 0 Å². The molecular formula is C16H16ClN3O2S. The Morgan fingerprint density at radius 1 is 1.26 bits per heavy atom. The molecule has 2 rings (SSSR count). The molecule has 23 heavy (non-hydrogen) atoms. The Morgan fingerprint density at radius 2 is 2.00 bits per heavy atom. The van der Waals surface area contributed by atoms with Gasteiger partial charge in [0.1, 0.15) is 0 Å². The van der Waals surface area contributed by atoms with E-state index in [4.69, 9.17) is 16.9 Å². The number of halogens is 1. The molecule has 1 unspecified atom stereocenters. The summed E-state index contributed by atoms with van der Waals surface area (Å²) in [6, 6.07) is 12.8. The Hall–Kier alpha value is -2.07. The van der Waals surface area contributed by atoms with E-state index in [2.05, 4.69) is 16.7 Å². The van der Waals surface area contributed by atoms with Crippen LogP contribution in [-0.2, 0) is 6.42 Å². The van der Waals surface area contributed by atoms with E-state index < -0.39 is 6.10 Å². The smallest absolute Gasteiger partial charge is 0.261 e. The minimum absolute atomic E-state index is 0.147.